The summed E-state index contributed by atoms with van der Waals surface area (Å²) >= 11 is 1.49. The number of pyridine rings is 1. The second-order valence-electron chi connectivity index (χ2n) is 7.02. The molecule has 146 valence electrons. The molecule has 0 saturated carbocycles. The minimum absolute atomic E-state index is 0.264. The van der Waals surface area contributed by atoms with E-state index >= 15 is 0 Å². The summed E-state index contributed by atoms with van der Waals surface area (Å²) in [6.45, 7) is 5.89. The maximum atomic E-state index is 13.1. The van der Waals surface area contributed by atoms with Gasteiger partial charge in [0.05, 0.1) is 17.9 Å². The highest BCUT2D eigenvalue weighted by molar-refractivity contribution is 7.17. The Balaban J connectivity index is 1.75. The quantitative estimate of drug-likeness (QED) is 0.666. The second-order valence-corrected chi connectivity index (χ2v) is 8.13. The molecule has 0 spiro atoms. The molecule has 7 heteroatoms. The van der Waals surface area contributed by atoms with Crippen LogP contribution in [0.3, 0.4) is 0 Å². The van der Waals surface area contributed by atoms with E-state index in [0.29, 0.717) is 28.6 Å². The predicted molar refractivity (Wildman–Crippen MR) is 110 cm³/mol. The van der Waals surface area contributed by atoms with Crippen LogP contribution in [0.5, 0.6) is 0 Å². The zero-order chi connectivity index (χ0) is 19.8. The number of imidazole rings is 1. The molecular formula is C21H23N3O3S. The molecule has 0 radical (unpaired) electrons. The van der Waals surface area contributed by atoms with Gasteiger partial charge in [-0.05, 0) is 63.6 Å². The molecule has 0 aliphatic heterocycles. The first kappa shape index (κ1) is 18.7. The lowest BCUT2D eigenvalue weighted by Gasteiger charge is -2.12. The Morgan fingerprint density at radius 3 is 2.86 bits per heavy atom. The van der Waals surface area contributed by atoms with E-state index in [1.165, 1.54) is 16.2 Å². The van der Waals surface area contributed by atoms with Gasteiger partial charge in [0.1, 0.15) is 16.3 Å². The standard InChI is InChI=1S/C21H23N3O3S/c1-4-27-21(26)16-14-9-5-6-10-15(14)28-20(16)23-19(25)17-13(3)22-18-12(2)8-7-11-24(17)18/h7-8,11H,4-6,9-10H2,1-3H3,(H,23,25). The van der Waals surface area contributed by atoms with E-state index < -0.39 is 0 Å². The van der Waals surface area contributed by atoms with Crippen molar-refractivity contribution in [1.82, 2.24) is 9.38 Å². The Hall–Kier alpha value is -2.67. The fourth-order valence-corrected chi connectivity index (χ4v) is 5.10. The third kappa shape index (κ3) is 3.09. The summed E-state index contributed by atoms with van der Waals surface area (Å²) in [5.41, 5.74) is 4.48. The van der Waals surface area contributed by atoms with E-state index in [0.717, 1.165) is 42.5 Å². The summed E-state index contributed by atoms with van der Waals surface area (Å²) in [7, 11) is 0. The van der Waals surface area contributed by atoms with Crippen molar-refractivity contribution >= 4 is 33.9 Å². The van der Waals surface area contributed by atoms with Crippen LogP contribution in [-0.4, -0.2) is 27.9 Å². The van der Waals surface area contributed by atoms with Crippen LogP contribution in [0.1, 0.15) is 62.3 Å². The first-order valence-corrected chi connectivity index (χ1v) is 10.4. The van der Waals surface area contributed by atoms with Crippen LogP contribution in [0.25, 0.3) is 5.65 Å². The van der Waals surface area contributed by atoms with Crippen molar-refractivity contribution in [2.75, 3.05) is 11.9 Å². The Morgan fingerprint density at radius 1 is 1.29 bits per heavy atom. The summed E-state index contributed by atoms with van der Waals surface area (Å²) in [6.07, 6.45) is 5.78. The SMILES string of the molecule is CCOC(=O)c1c(NC(=O)c2c(C)nc3c(C)cccn23)sc2c1CCCC2. The second kappa shape index (κ2) is 7.39. The Kier molecular flexibility index (Phi) is 4.93. The molecule has 0 bridgehead atoms. The monoisotopic (exact) mass is 397 g/mol. The number of ether oxygens (including phenoxy) is 1. The summed E-state index contributed by atoms with van der Waals surface area (Å²) in [6, 6.07) is 3.86. The van der Waals surface area contributed by atoms with E-state index in [-0.39, 0.29) is 11.9 Å². The molecule has 4 rings (SSSR count). The smallest absolute Gasteiger partial charge is 0.341 e. The van der Waals surface area contributed by atoms with Crippen LogP contribution in [0.4, 0.5) is 5.00 Å². The van der Waals surface area contributed by atoms with Crippen LogP contribution in [0.15, 0.2) is 18.3 Å². The highest BCUT2D eigenvalue weighted by Crippen LogP contribution is 2.39. The molecule has 28 heavy (non-hydrogen) atoms. The molecular weight excluding hydrogens is 374 g/mol. The number of thiophene rings is 1. The lowest BCUT2D eigenvalue weighted by molar-refractivity contribution is 0.0526. The number of hydrogen-bond donors (Lipinski definition) is 1. The number of nitrogens with one attached hydrogen (secondary N) is 1. The normalized spacial score (nSPS) is 13.4. The Bertz CT molecular complexity index is 1080. The summed E-state index contributed by atoms with van der Waals surface area (Å²) < 4.78 is 7.08. The minimum Gasteiger partial charge on any atom is -0.462 e. The summed E-state index contributed by atoms with van der Waals surface area (Å²) in [4.78, 5) is 31.5. The van der Waals surface area contributed by atoms with Crippen molar-refractivity contribution in [2.45, 2.75) is 46.5 Å². The molecule has 0 fully saturated rings. The van der Waals surface area contributed by atoms with E-state index in [1.807, 2.05) is 32.2 Å². The van der Waals surface area contributed by atoms with Gasteiger partial charge in [0.25, 0.3) is 5.91 Å². The number of rotatable bonds is 4. The van der Waals surface area contributed by atoms with Crippen molar-refractivity contribution in [1.29, 1.82) is 0 Å². The molecule has 1 N–H and O–H groups in total. The number of nitrogens with zero attached hydrogens (tertiary/aromatic N) is 2. The number of carbonyl (C=O) groups excluding carboxylic acids is 2. The Morgan fingerprint density at radius 2 is 2.07 bits per heavy atom. The number of anilines is 1. The van der Waals surface area contributed by atoms with Crippen molar-refractivity contribution in [3.05, 3.63) is 51.3 Å². The Labute approximate surface area is 167 Å². The van der Waals surface area contributed by atoms with Crippen molar-refractivity contribution in [2.24, 2.45) is 0 Å². The molecule has 1 aliphatic rings. The molecule has 3 aromatic heterocycles. The molecule has 0 saturated heterocycles. The topological polar surface area (TPSA) is 72.7 Å². The number of fused-ring (bicyclic) bond motifs is 2. The molecule has 6 nitrogen and oxygen atoms in total. The van der Waals surface area contributed by atoms with E-state index in [9.17, 15) is 9.59 Å². The highest BCUT2D eigenvalue weighted by atomic mass is 32.1. The van der Waals surface area contributed by atoms with E-state index in [1.54, 1.807) is 11.3 Å². The average molecular weight is 398 g/mol. The van der Waals surface area contributed by atoms with Crippen LogP contribution in [0.2, 0.25) is 0 Å². The van der Waals surface area contributed by atoms with E-state index in [4.69, 9.17) is 4.74 Å². The zero-order valence-corrected chi connectivity index (χ0v) is 17.1. The van der Waals surface area contributed by atoms with Gasteiger partial charge in [-0.15, -0.1) is 11.3 Å². The van der Waals surface area contributed by atoms with Crippen LogP contribution in [-0.2, 0) is 17.6 Å². The van der Waals surface area contributed by atoms with Gasteiger partial charge < -0.3 is 10.1 Å². The van der Waals surface area contributed by atoms with Gasteiger partial charge in [0, 0.05) is 11.1 Å². The van der Waals surface area contributed by atoms with Gasteiger partial charge in [-0.3, -0.25) is 9.20 Å². The van der Waals surface area contributed by atoms with Crippen molar-refractivity contribution < 1.29 is 14.3 Å². The van der Waals surface area contributed by atoms with Crippen LogP contribution < -0.4 is 5.32 Å². The van der Waals surface area contributed by atoms with Crippen molar-refractivity contribution in [3.63, 3.8) is 0 Å². The summed E-state index contributed by atoms with van der Waals surface area (Å²) in [5, 5.41) is 3.56. The lowest BCUT2D eigenvalue weighted by atomic mass is 9.95. The van der Waals surface area contributed by atoms with Gasteiger partial charge in [-0.2, -0.15) is 0 Å². The molecule has 1 aliphatic carbocycles. The first-order chi connectivity index (χ1) is 13.5. The van der Waals surface area contributed by atoms with Crippen LogP contribution in [0, 0.1) is 13.8 Å². The number of carbonyl (C=O) groups is 2. The minimum atomic E-state index is -0.358. The molecule has 0 aromatic carbocycles. The molecule has 3 aromatic rings. The molecule has 0 unspecified atom stereocenters. The number of aromatic nitrogens is 2. The van der Waals surface area contributed by atoms with Gasteiger partial charge in [-0.25, -0.2) is 9.78 Å². The maximum Gasteiger partial charge on any atom is 0.341 e. The molecule has 1 amide bonds. The van der Waals surface area contributed by atoms with Crippen molar-refractivity contribution in [3.8, 4) is 0 Å². The number of hydrogen-bond acceptors (Lipinski definition) is 5. The largest absolute Gasteiger partial charge is 0.462 e. The predicted octanol–water partition coefficient (Wildman–Crippen LogP) is 4.32. The summed E-state index contributed by atoms with van der Waals surface area (Å²) in [5.74, 6) is -0.623. The lowest BCUT2D eigenvalue weighted by Crippen LogP contribution is -2.18. The fraction of sp³-hybridized carbons (Fsp3) is 0.381. The first-order valence-electron chi connectivity index (χ1n) is 9.58. The van der Waals surface area contributed by atoms with E-state index in [2.05, 4.69) is 10.3 Å². The fourth-order valence-electron chi connectivity index (χ4n) is 3.83. The number of aryl methyl sites for hydroxylation is 3. The maximum absolute atomic E-state index is 13.1. The highest BCUT2D eigenvalue weighted by Gasteiger charge is 2.28. The third-order valence-corrected chi connectivity index (χ3v) is 6.32. The third-order valence-electron chi connectivity index (χ3n) is 5.11. The van der Waals surface area contributed by atoms with Gasteiger partial charge in [0.2, 0.25) is 0 Å². The number of amides is 1. The number of esters is 1. The van der Waals surface area contributed by atoms with Crippen LogP contribution >= 0.6 is 11.3 Å². The van der Waals surface area contributed by atoms with Gasteiger partial charge in [-0.1, -0.05) is 6.07 Å². The van der Waals surface area contributed by atoms with Gasteiger partial charge in [0.15, 0.2) is 0 Å². The molecule has 3 heterocycles. The zero-order valence-electron chi connectivity index (χ0n) is 16.3. The van der Waals surface area contributed by atoms with Gasteiger partial charge >= 0.3 is 5.97 Å². The average Bonchev–Trinajstić information content (AvgIpc) is 3.19. The molecule has 0 atom stereocenters.